The van der Waals surface area contributed by atoms with Gasteiger partial charge in [-0.2, -0.15) is 0 Å². The highest BCUT2D eigenvalue weighted by molar-refractivity contribution is 5.44. The van der Waals surface area contributed by atoms with Crippen LogP contribution in [-0.4, -0.2) is 14.5 Å². The lowest BCUT2D eigenvalue weighted by molar-refractivity contribution is -0.384. The average molecular weight is 204 g/mol. The van der Waals surface area contributed by atoms with Gasteiger partial charge in [-0.05, 0) is 12.1 Å². The molecule has 0 atom stereocenters. The van der Waals surface area contributed by atoms with Gasteiger partial charge < -0.3 is 5.73 Å². The van der Waals surface area contributed by atoms with Crippen molar-refractivity contribution >= 4 is 11.6 Å². The summed E-state index contributed by atoms with van der Waals surface area (Å²) in [6.45, 7) is 0. The van der Waals surface area contributed by atoms with Crippen LogP contribution in [0.1, 0.15) is 0 Å². The summed E-state index contributed by atoms with van der Waals surface area (Å²) in [7, 11) is 0. The molecule has 6 heteroatoms. The van der Waals surface area contributed by atoms with Gasteiger partial charge in [-0.15, -0.1) is 0 Å². The van der Waals surface area contributed by atoms with Crippen LogP contribution in [0.3, 0.4) is 0 Å². The third-order valence-electron chi connectivity index (χ3n) is 2.01. The van der Waals surface area contributed by atoms with Gasteiger partial charge in [-0.3, -0.25) is 14.7 Å². The summed E-state index contributed by atoms with van der Waals surface area (Å²) < 4.78 is 1.64. The average Bonchev–Trinajstić information content (AvgIpc) is 2.65. The molecule has 0 aliphatic heterocycles. The first-order valence-electron chi connectivity index (χ1n) is 4.22. The second-order valence-electron chi connectivity index (χ2n) is 2.93. The van der Waals surface area contributed by atoms with Crippen molar-refractivity contribution in [1.82, 2.24) is 9.55 Å². The minimum Gasteiger partial charge on any atom is -0.369 e. The Morgan fingerprint density at radius 1 is 1.33 bits per heavy atom. The van der Waals surface area contributed by atoms with E-state index in [2.05, 4.69) is 4.98 Å². The number of aromatic nitrogens is 2. The molecular formula is C9H8N4O2. The third-order valence-corrected chi connectivity index (χ3v) is 2.01. The maximum Gasteiger partial charge on any atom is 0.269 e. The second kappa shape index (κ2) is 3.41. The van der Waals surface area contributed by atoms with Crippen LogP contribution in [-0.2, 0) is 0 Å². The van der Waals surface area contributed by atoms with Gasteiger partial charge in [0.05, 0.1) is 4.92 Å². The van der Waals surface area contributed by atoms with E-state index in [-0.39, 0.29) is 5.69 Å². The van der Waals surface area contributed by atoms with Crippen molar-refractivity contribution in [1.29, 1.82) is 0 Å². The quantitative estimate of drug-likeness (QED) is 0.591. The molecule has 6 nitrogen and oxygen atoms in total. The highest BCUT2D eigenvalue weighted by Gasteiger charge is 2.05. The molecule has 2 rings (SSSR count). The molecule has 1 aromatic heterocycles. The summed E-state index contributed by atoms with van der Waals surface area (Å²) >= 11 is 0. The highest BCUT2D eigenvalue weighted by Crippen LogP contribution is 2.16. The van der Waals surface area contributed by atoms with Crippen molar-refractivity contribution < 1.29 is 4.92 Å². The minimum absolute atomic E-state index is 0.0532. The summed E-state index contributed by atoms with van der Waals surface area (Å²) in [5.74, 6) is 0.351. The van der Waals surface area contributed by atoms with Crippen LogP contribution < -0.4 is 5.73 Å². The number of nitrogens with two attached hydrogens (primary N) is 1. The number of nitrogens with zero attached hydrogens (tertiary/aromatic N) is 3. The monoisotopic (exact) mass is 204 g/mol. The predicted molar refractivity (Wildman–Crippen MR) is 54.6 cm³/mol. The zero-order chi connectivity index (χ0) is 10.8. The molecule has 0 amide bonds. The van der Waals surface area contributed by atoms with Crippen molar-refractivity contribution in [3.8, 4) is 5.69 Å². The topological polar surface area (TPSA) is 87.0 Å². The Morgan fingerprint density at radius 3 is 2.47 bits per heavy atom. The first-order chi connectivity index (χ1) is 7.18. The van der Waals surface area contributed by atoms with Gasteiger partial charge >= 0.3 is 0 Å². The van der Waals surface area contributed by atoms with Gasteiger partial charge in [-0.25, -0.2) is 4.98 Å². The smallest absolute Gasteiger partial charge is 0.269 e. The number of hydrogen-bond acceptors (Lipinski definition) is 4. The van der Waals surface area contributed by atoms with E-state index < -0.39 is 4.92 Å². The van der Waals surface area contributed by atoms with E-state index in [0.29, 0.717) is 5.95 Å². The number of nitro groups is 1. The van der Waals surface area contributed by atoms with Crippen molar-refractivity contribution in [3.05, 3.63) is 46.8 Å². The number of nitrogen functional groups attached to an aromatic ring is 1. The summed E-state index contributed by atoms with van der Waals surface area (Å²) in [6.07, 6.45) is 3.26. The molecule has 0 unspecified atom stereocenters. The lowest BCUT2D eigenvalue weighted by atomic mass is 10.3. The number of hydrogen-bond donors (Lipinski definition) is 1. The molecule has 1 aromatic carbocycles. The maximum absolute atomic E-state index is 10.4. The number of anilines is 1. The lowest BCUT2D eigenvalue weighted by Gasteiger charge is -2.03. The Bertz CT molecular complexity index is 489. The van der Waals surface area contributed by atoms with Crippen LogP contribution in [0, 0.1) is 10.1 Å². The number of nitro benzene ring substituents is 1. The fourth-order valence-corrected chi connectivity index (χ4v) is 1.27. The molecule has 1 heterocycles. The Balaban J connectivity index is 2.40. The van der Waals surface area contributed by atoms with E-state index in [1.807, 2.05) is 0 Å². The fourth-order valence-electron chi connectivity index (χ4n) is 1.27. The Hall–Kier alpha value is -2.37. The predicted octanol–water partition coefficient (Wildman–Crippen LogP) is 1.36. The van der Waals surface area contributed by atoms with Gasteiger partial charge in [0.2, 0.25) is 5.95 Å². The highest BCUT2D eigenvalue weighted by atomic mass is 16.6. The summed E-state index contributed by atoms with van der Waals surface area (Å²) in [5, 5.41) is 10.4. The van der Waals surface area contributed by atoms with Crippen LogP contribution in [0.2, 0.25) is 0 Å². The van der Waals surface area contributed by atoms with E-state index in [0.717, 1.165) is 5.69 Å². The molecule has 0 bridgehead atoms. The molecule has 2 N–H and O–H groups in total. The van der Waals surface area contributed by atoms with Crippen molar-refractivity contribution in [2.45, 2.75) is 0 Å². The molecule has 0 aliphatic carbocycles. The van der Waals surface area contributed by atoms with E-state index >= 15 is 0 Å². The molecular weight excluding hydrogens is 196 g/mol. The van der Waals surface area contributed by atoms with Gasteiger partial charge in [0, 0.05) is 30.2 Å². The van der Waals surface area contributed by atoms with Crippen LogP contribution in [0.4, 0.5) is 11.6 Å². The number of imidazole rings is 1. The van der Waals surface area contributed by atoms with Gasteiger partial charge in [0.15, 0.2) is 0 Å². The van der Waals surface area contributed by atoms with E-state index in [1.54, 1.807) is 29.1 Å². The first-order valence-corrected chi connectivity index (χ1v) is 4.22. The van der Waals surface area contributed by atoms with Gasteiger partial charge in [0.1, 0.15) is 0 Å². The summed E-state index contributed by atoms with van der Waals surface area (Å²) in [6, 6.07) is 6.09. The number of rotatable bonds is 2. The molecule has 0 saturated carbocycles. The van der Waals surface area contributed by atoms with Crippen molar-refractivity contribution in [2.24, 2.45) is 0 Å². The summed E-state index contributed by atoms with van der Waals surface area (Å²) in [4.78, 5) is 13.8. The van der Waals surface area contributed by atoms with E-state index in [1.165, 1.54) is 12.1 Å². The van der Waals surface area contributed by atoms with Crippen molar-refractivity contribution in [2.75, 3.05) is 5.73 Å². The Kier molecular flexibility index (Phi) is 2.09. The largest absolute Gasteiger partial charge is 0.369 e. The molecule has 0 saturated heterocycles. The molecule has 0 spiro atoms. The van der Waals surface area contributed by atoms with Crippen LogP contribution >= 0.6 is 0 Å². The molecule has 2 aromatic rings. The van der Waals surface area contributed by atoms with Crippen molar-refractivity contribution in [3.63, 3.8) is 0 Å². The molecule has 76 valence electrons. The van der Waals surface area contributed by atoms with Crippen LogP contribution in [0.5, 0.6) is 0 Å². The van der Waals surface area contributed by atoms with Crippen LogP contribution in [0.25, 0.3) is 5.69 Å². The van der Waals surface area contributed by atoms with E-state index in [4.69, 9.17) is 5.73 Å². The molecule has 0 fully saturated rings. The zero-order valence-corrected chi connectivity index (χ0v) is 7.70. The molecule has 0 radical (unpaired) electrons. The Morgan fingerprint density at radius 2 is 2.00 bits per heavy atom. The lowest BCUT2D eigenvalue weighted by Crippen LogP contribution is -1.99. The second-order valence-corrected chi connectivity index (χ2v) is 2.93. The zero-order valence-electron chi connectivity index (χ0n) is 7.70. The number of non-ortho nitro benzene ring substituents is 1. The molecule has 15 heavy (non-hydrogen) atoms. The van der Waals surface area contributed by atoms with Gasteiger partial charge in [0.25, 0.3) is 5.69 Å². The molecule has 0 aliphatic rings. The Labute approximate surface area is 85.1 Å². The number of benzene rings is 1. The summed E-state index contributed by atoms with van der Waals surface area (Å²) in [5.41, 5.74) is 6.39. The normalized spacial score (nSPS) is 10.1. The van der Waals surface area contributed by atoms with Gasteiger partial charge in [-0.1, -0.05) is 0 Å². The SMILES string of the molecule is Nc1nccn1-c1ccc([N+](=O)[O-])cc1. The first kappa shape index (κ1) is 9.20. The standard InChI is InChI=1S/C9H8N4O2/c10-9-11-5-6-12(9)7-1-3-8(4-2-7)13(14)15/h1-6H,(H2,10,11). The minimum atomic E-state index is -0.443. The fraction of sp³-hybridized carbons (Fsp3) is 0. The van der Waals surface area contributed by atoms with E-state index in [9.17, 15) is 10.1 Å². The van der Waals surface area contributed by atoms with Crippen LogP contribution in [0.15, 0.2) is 36.7 Å². The maximum atomic E-state index is 10.4. The third kappa shape index (κ3) is 1.64.